The van der Waals surface area contributed by atoms with Crippen molar-refractivity contribution in [3.8, 4) is 0 Å². The highest BCUT2D eigenvalue weighted by molar-refractivity contribution is 6.39. The number of aromatic nitrogens is 2. The summed E-state index contributed by atoms with van der Waals surface area (Å²) < 4.78 is 1.71. The van der Waals surface area contributed by atoms with Crippen LogP contribution < -0.4 is 5.32 Å². The molecule has 2 aromatic rings. The molecule has 2 rings (SSSR count). The number of hydrogen-bond donors (Lipinski definition) is 1. The number of carbonyl (C=O) groups is 1. The highest BCUT2D eigenvalue weighted by Crippen LogP contribution is 2.24. The Morgan fingerprint density at radius 2 is 2.00 bits per heavy atom. The van der Waals surface area contributed by atoms with Crippen molar-refractivity contribution in [2.45, 2.75) is 13.5 Å². The minimum atomic E-state index is -0.293. The topological polar surface area (TPSA) is 46.9 Å². The predicted molar refractivity (Wildman–Crippen MR) is 75.6 cm³/mol. The Morgan fingerprint density at radius 3 is 2.53 bits per heavy atom. The number of carbonyl (C=O) groups excluding carboxylic acids is 1. The summed E-state index contributed by atoms with van der Waals surface area (Å²) >= 11 is 12.0. The van der Waals surface area contributed by atoms with E-state index in [-0.39, 0.29) is 5.91 Å². The van der Waals surface area contributed by atoms with Gasteiger partial charge < -0.3 is 5.32 Å². The normalized spacial score (nSPS) is 10.5. The van der Waals surface area contributed by atoms with E-state index in [1.165, 1.54) is 0 Å². The third kappa shape index (κ3) is 3.08. The van der Waals surface area contributed by atoms with Crippen molar-refractivity contribution < 1.29 is 4.79 Å². The van der Waals surface area contributed by atoms with Crippen molar-refractivity contribution in [1.82, 2.24) is 15.1 Å². The quantitative estimate of drug-likeness (QED) is 0.947. The zero-order chi connectivity index (χ0) is 14.0. The fourth-order valence-corrected chi connectivity index (χ4v) is 2.37. The molecule has 0 spiro atoms. The summed E-state index contributed by atoms with van der Waals surface area (Å²) in [5.74, 6) is -0.293. The summed E-state index contributed by atoms with van der Waals surface area (Å²) in [4.78, 5) is 12.1. The molecule has 0 bridgehead atoms. The van der Waals surface area contributed by atoms with Crippen LogP contribution in [0.4, 0.5) is 0 Å². The molecule has 0 fully saturated rings. The lowest BCUT2D eigenvalue weighted by atomic mass is 10.2. The molecule has 0 aliphatic rings. The third-order valence-electron chi connectivity index (χ3n) is 2.74. The molecule has 0 aliphatic heterocycles. The van der Waals surface area contributed by atoms with E-state index in [1.54, 1.807) is 22.9 Å². The fourth-order valence-electron chi connectivity index (χ4n) is 1.80. The molecule has 0 radical (unpaired) electrons. The van der Waals surface area contributed by atoms with Crippen LogP contribution in [0.2, 0.25) is 10.0 Å². The summed E-state index contributed by atoms with van der Waals surface area (Å²) in [5, 5.41) is 7.68. The van der Waals surface area contributed by atoms with Crippen LogP contribution in [0.5, 0.6) is 0 Å². The van der Waals surface area contributed by atoms with Gasteiger partial charge in [0, 0.05) is 25.4 Å². The Hall–Kier alpha value is -1.52. The SMILES string of the molecule is Cc1nn(C)cc1CNC(=O)c1c(Cl)cccc1Cl. The first-order valence-corrected chi connectivity index (χ1v) is 6.46. The average Bonchev–Trinajstić information content (AvgIpc) is 2.65. The second kappa shape index (κ2) is 5.63. The van der Waals surface area contributed by atoms with Gasteiger partial charge in [-0.1, -0.05) is 29.3 Å². The highest BCUT2D eigenvalue weighted by Gasteiger charge is 2.14. The summed E-state index contributed by atoms with van der Waals surface area (Å²) in [6.07, 6.45) is 1.86. The van der Waals surface area contributed by atoms with Crippen molar-refractivity contribution >= 4 is 29.1 Å². The molecule has 19 heavy (non-hydrogen) atoms. The van der Waals surface area contributed by atoms with E-state index in [0.29, 0.717) is 22.2 Å². The van der Waals surface area contributed by atoms with E-state index in [9.17, 15) is 4.79 Å². The summed E-state index contributed by atoms with van der Waals surface area (Å²) in [5.41, 5.74) is 2.14. The summed E-state index contributed by atoms with van der Waals surface area (Å²) in [6.45, 7) is 2.28. The van der Waals surface area contributed by atoms with Crippen molar-refractivity contribution in [2.24, 2.45) is 7.05 Å². The van der Waals surface area contributed by atoms with Gasteiger partial charge in [0.1, 0.15) is 0 Å². The van der Waals surface area contributed by atoms with Gasteiger partial charge in [-0.25, -0.2) is 0 Å². The molecule has 100 valence electrons. The second-order valence-electron chi connectivity index (χ2n) is 4.19. The zero-order valence-electron chi connectivity index (χ0n) is 10.6. The van der Waals surface area contributed by atoms with Crippen LogP contribution in [-0.2, 0) is 13.6 Å². The van der Waals surface area contributed by atoms with Crippen LogP contribution in [-0.4, -0.2) is 15.7 Å². The highest BCUT2D eigenvalue weighted by atomic mass is 35.5. The maximum Gasteiger partial charge on any atom is 0.254 e. The molecule has 1 aromatic carbocycles. The van der Waals surface area contributed by atoms with Gasteiger partial charge >= 0.3 is 0 Å². The molecule has 4 nitrogen and oxygen atoms in total. The number of halogens is 2. The Bertz CT molecular complexity index is 602. The Labute approximate surface area is 121 Å². The van der Waals surface area contributed by atoms with Gasteiger partial charge in [0.25, 0.3) is 5.91 Å². The Morgan fingerprint density at radius 1 is 1.37 bits per heavy atom. The standard InChI is InChI=1S/C13H13Cl2N3O/c1-8-9(7-18(2)17-8)6-16-13(19)12-10(14)4-3-5-11(12)15/h3-5,7H,6H2,1-2H3,(H,16,19). The van der Waals surface area contributed by atoms with Crippen LogP contribution >= 0.6 is 23.2 Å². The van der Waals surface area contributed by atoms with Gasteiger partial charge in [0.2, 0.25) is 0 Å². The molecule has 0 saturated heterocycles. The van der Waals surface area contributed by atoms with Crippen LogP contribution in [0.1, 0.15) is 21.6 Å². The second-order valence-corrected chi connectivity index (χ2v) is 5.01. The van der Waals surface area contributed by atoms with Gasteiger partial charge in [0.05, 0.1) is 21.3 Å². The van der Waals surface area contributed by atoms with E-state index in [1.807, 2.05) is 20.2 Å². The molecule has 1 heterocycles. The number of hydrogen-bond acceptors (Lipinski definition) is 2. The number of aryl methyl sites for hydroxylation is 2. The zero-order valence-corrected chi connectivity index (χ0v) is 12.1. The molecule has 0 unspecified atom stereocenters. The molecular weight excluding hydrogens is 285 g/mol. The predicted octanol–water partition coefficient (Wildman–Crippen LogP) is 2.97. The number of amides is 1. The smallest absolute Gasteiger partial charge is 0.254 e. The minimum Gasteiger partial charge on any atom is -0.348 e. The van der Waals surface area contributed by atoms with Crippen molar-refractivity contribution in [3.63, 3.8) is 0 Å². The number of benzene rings is 1. The Kier molecular flexibility index (Phi) is 4.12. The third-order valence-corrected chi connectivity index (χ3v) is 3.37. The van der Waals surface area contributed by atoms with E-state index in [0.717, 1.165) is 11.3 Å². The van der Waals surface area contributed by atoms with Gasteiger partial charge in [-0.05, 0) is 19.1 Å². The summed E-state index contributed by atoms with van der Waals surface area (Å²) in [7, 11) is 1.84. The number of nitrogens with one attached hydrogen (secondary N) is 1. The van der Waals surface area contributed by atoms with E-state index < -0.39 is 0 Å². The van der Waals surface area contributed by atoms with E-state index in [2.05, 4.69) is 10.4 Å². The van der Waals surface area contributed by atoms with Gasteiger partial charge in [-0.2, -0.15) is 5.10 Å². The number of rotatable bonds is 3. The Balaban J connectivity index is 2.12. The van der Waals surface area contributed by atoms with Crippen molar-refractivity contribution in [3.05, 3.63) is 51.3 Å². The fraction of sp³-hybridized carbons (Fsp3) is 0.231. The van der Waals surface area contributed by atoms with E-state index in [4.69, 9.17) is 23.2 Å². The van der Waals surface area contributed by atoms with Gasteiger partial charge in [-0.15, -0.1) is 0 Å². The maximum absolute atomic E-state index is 12.1. The first-order valence-electron chi connectivity index (χ1n) is 5.70. The largest absolute Gasteiger partial charge is 0.348 e. The molecule has 1 amide bonds. The number of nitrogens with zero attached hydrogens (tertiary/aromatic N) is 2. The van der Waals surface area contributed by atoms with Crippen LogP contribution in [0.25, 0.3) is 0 Å². The maximum atomic E-state index is 12.1. The van der Waals surface area contributed by atoms with Crippen molar-refractivity contribution in [2.75, 3.05) is 0 Å². The van der Waals surface area contributed by atoms with Crippen LogP contribution in [0.15, 0.2) is 24.4 Å². The molecule has 6 heteroatoms. The first kappa shape index (κ1) is 13.9. The van der Waals surface area contributed by atoms with Crippen LogP contribution in [0.3, 0.4) is 0 Å². The van der Waals surface area contributed by atoms with Gasteiger partial charge in [-0.3, -0.25) is 9.48 Å². The molecular formula is C13H13Cl2N3O. The lowest BCUT2D eigenvalue weighted by molar-refractivity contribution is 0.0951. The molecule has 1 N–H and O–H groups in total. The first-order chi connectivity index (χ1) is 8.99. The van der Waals surface area contributed by atoms with E-state index >= 15 is 0 Å². The molecule has 0 saturated carbocycles. The minimum absolute atomic E-state index is 0.293. The lowest BCUT2D eigenvalue weighted by Gasteiger charge is -2.07. The molecule has 1 aromatic heterocycles. The average molecular weight is 298 g/mol. The monoisotopic (exact) mass is 297 g/mol. The van der Waals surface area contributed by atoms with Crippen molar-refractivity contribution in [1.29, 1.82) is 0 Å². The van der Waals surface area contributed by atoms with Crippen LogP contribution in [0, 0.1) is 6.92 Å². The summed E-state index contributed by atoms with van der Waals surface area (Å²) in [6, 6.07) is 4.97. The lowest BCUT2D eigenvalue weighted by Crippen LogP contribution is -2.23. The molecule has 0 atom stereocenters. The van der Waals surface area contributed by atoms with Gasteiger partial charge in [0.15, 0.2) is 0 Å². The molecule has 0 aliphatic carbocycles.